The molecule has 0 saturated heterocycles. The molecule has 8 heteroatoms. The molecule has 2 aromatic carbocycles. The summed E-state index contributed by atoms with van der Waals surface area (Å²) in [5, 5.41) is 4.95. The second-order valence-corrected chi connectivity index (χ2v) is 7.31. The largest absolute Gasteiger partial charge is 0.573 e. The van der Waals surface area contributed by atoms with Gasteiger partial charge in [-0.05, 0) is 60.2 Å². The monoisotopic (exact) mass is 420 g/mol. The van der Waals surface area contributed by atoms with Crippen molar-refractivity contribution in [3.63, 3.8) is 0 Å². The molecule has 0 radical (unpaired) electrons. The highest BCUT2D eigenvalue weighted by Gasteiger charge is 2.31. The van der Waals surface area contributed by atoms with Gasteiger partial charge < -0.3 is 4.74 Å². The van der Waals surface area contributed by atoms with Crippen LogP contribution in [0, 0.1) is 0 Å². The van der Waals surface area contributed by atoms with Gasteiger partial charge in [-0.15, -0.1) is 24.5 Å². The van der Waals surface area contributed by atoms with Gasteiger partial charge in [-0.25, -0.2) is 4.68 Å². The summed E-state index contributed by atoms with van der Waals surface area (Å²) in [6.07, 6.45) is -3.00. The Hall–Kier alpha value is -2.77. The number of para-hydroxylation sites is 1. The molecule has 0 aliphatic rings. The average Bonchev–Trinajstić information content (AvgIpc) is 3.30. The van der Waals surface area contributed by atoms with Gasteiger partial charge in [-0.2, -0.15) is 5.10 Å². The van der Waals surface area contributed by atoms with Crippen molar-refractivity contribution in [3.8, 4) is 32.4 Å². The van der Waals surface area contributed by atoms with Crippen molar-refractivity contribution >= 4 is 22.9 Å². The lowest BCUT2D eigenvalue weighted by Gasteiger charge is -2.09. The van der Waals surface area contributed by atoms with Crippen LogP contribution in [0.2, 0.25) is 5.02 Å². The number of hydrogen-bond acceptors (Lipinski definition) is 3. The second kappa shape index (κ2) is 7.33. The second-order valence-electron chi connectivity index (χ2n) is 5.82. The van der Waals surface area contributed by atoms with Crippen LogP contribution in [0.25, 0.3) is 26.7 Å². The van der Waals surface area contributed by atoms with Crippen molar-refractivity contribution in [2.45, 2.75) is 6.36 Å². The minimum absolute atomic E-state index is 0.246. The lowest BCUT2D eigenvalue weighted by molar-refractivity contribution is -0.274. The topological polar surface area (TPSA) is 27.1 Å². The minimum atomic E-state index is -4.70. The molecule has 142 valence electrons. The van der Waals surface area contributed by atoms with Crippen LogP contribution in [0.5, 0.6) is 5.75 Å². The molecule has 0 saturated carbocycles. The van der Waals surface area contributed by atoms with Gasteiger partial charge in [0.05, 0.1) is 27.5 Å². The van der Waals surface area contributed by atoms with E-state index in [-0.39, 0.29) is 5.75 Å². The minimum Gasteiger partial charge on any atom is -0.406 e. The lowest BCUT2D eigenvalue weighted by atomic mass is 10.2. The molecular weight excluding hydrogens is 409 g/mol. The molecule has 0 atom stereocenters. The lowest BCUT2D eigenvalue weighted by Crippen LogP contribution is -2.16. The summed E-state index contributed by atoms with van der Waals surface area (Å²) in [6, 6.07) is 19.0. The van der Waals surface area contributed by atoms with Gasteiger partial charge >= 0.3 is 6.36 Å². The Morgan fingerprint density at radius 2 is 1.61 bits per heavy atom. The third-order valence-corrected chi connectivity index (χ3v) is 5.43. The first-order chi connectivity index (χ1) is 13.4. The molecule has 0 bridgehead atoms. The number of hydrogen-bond donors (Lipinski definition) is 0. The summed E-state index contributed by atoms with van der Waals surface area (Å²) >= 11 is 7.80. The standard InChI is InChI=1S/C20H12ClF3N2OS/c21-15-3-1-2-4-16(15)26-17(11-12-25-26)19-10-9-18(28-19)13-5-7-14(8-6-13)27-20(22,23)24/h1-12H. The molecule has 3 nitrogen and oxygen atoms in total. The van der Waals surface area contributed by atoms with Gasteiger partial charge in [-0.3, -0.25) is 0 Å². The number of thiophene rings is 1. The van der Waals surface area contributed by atoms with Gasteiger partial charge in [0, 0.05) is 4.88 Å². The number of aromatic nitrogens is 2. The SMILES string of the molecule is FC(F)(F)Oc1ccc(-c2ccc(-c3ccnn3-c3ccccc3Cl)s2)cc1. The van der Waals surface area contributed by atoms with E-state index in [1.165, 1.54) is 23.5 Å². The molecule has 0 aliphatic carbocycles. The number of halogens is 4. The summed E-state index contributed by atoms with van der Waals surface area (Å²) in [5.74, 6) is -0.246. The Kier molecular flexibility index (Phi) is 4.87. The Morgan fingerprint density at radius 1 is 0.893 bits per heavy atom. The van der Waals surface area contributed by atoms with E-state index >= 15 is 0 Å². The van der Waals surface area contributed by atoms with Crippen LogP contribution in [-0.2, 0) is 0 Å². The summed E-state index contributed by atoms with van der Waals surface area (Å²) in [6.45, 7) is 0. The normalized spacial score (nSPS) is 11.6. The van der Waals surface area contributed by atoms with Crippen molar-refractivity contribution in [3.05, 3.63) is 77.9 Å². The highest BCUT2D eigenvalue weighted by molar-refractivity contribution is 7.18. The van der Waals surface area contributed by atoms with Gasteiger partial charge in [0.2, 0.25) is 0 Å². The maximum Gasteiger partial charge on any atom is 0.573 e. The molecule has 4 aromatic rings. The van der Waals surface area contributed by atoms with Crippen molar-refractivity contribution in [2.24, 2.45) is 0 Å². The Labute approximate surface area is 167 Å². The smallest absolute Gasteiger partial charge is 0.406 e. The molecule has 2 aromatic heterocycles. The first-order valence-corrected chi connectivity index (χ1v) is 9.35. The van der Waals surface area contributed by atoms with E-state index in [9.17, 15) is 13.2 Å². The van der Waals surface area contributed by atoms with Gasteiger partial charge in [0.1, 0.15) is 5.75 Å². The summed E-state index contributed by atoms with van der Waals surface area (Å²) in [7, 11) is 0. The van der Waals surface area contributed by atoms with E-state index in [4.69, 9.17) is 11.6 Å². The van der Waals surface area contributed by atoms with E-state index in [0.29, 0.717) is 5.02 Å². The maximum absolute atomic E-state index is 12.3. The third-order valence-electron chi connectivity index (χ3n) is 3.95. The maximum atomic E-state index is 12.3. The first-order valence-electron chi connectivity index (χ1n) is 8.16. The Bertz CT molecular complexity index is 1100. The summed E-state index contributed by atoms with van der Waals surface area (Å²) in [5.41, 5.74) is 2.45. The van der Waals surface area contributed by atoms with Crippen LogP contribution in [-0.4, -0.2) is 16.1 Å². The molecular formula is C20H12ClF3N2OS. The number of nitrogens with zero attached hydrogens (tertiary/aromatic N) is 2. The highest BCUT2D eigenvalue weighted by atomic mass is 35.5. The molecule has 0 amide bonds. The molecule has 0 spiro atoms. The van der Waals surface area contributed by atoms with E-state index in [1.807, 2.05) is 36.4 Å². The van der Waals surface area contributed by atoms with Crippen LogP contribution >= 0.6 is 22.9 Å². The highest BCUT2D eigenvalue weighted by Crippen LogP contribution is 2.36. The van der Waals surface area contributed by atoms with Crippen LogP contribution in [0.3, 0.4) is 0 Å². The zero-order valence-electron chi connectivity index (χ0n) is 14.2. The molecule has 0 aliphatic heterocycles. The van der Waals surface area contributed by atoms with E-state index in [1.54, 1.807) is 29.1 Å². The van der Waals surface area contributed by atoms with Crippen LogP contribution in [0.1, 0.15) is 0 Å². The van der Waals surface area contributed by atoms with E-state index < -0.39 is 6.36 Å². The fourth-order valence-electron chi connectivity index (χ4n) is 2.76. The summed E-state index contributed by atoms with van der Waals surface area (Å²) in [4.78, 5) is 1.88. The zero-order valence-corrected chi connectivity index (χ0v) is 15.7. The Morgan fingerprint density at radius 3 is 2.32 bits per heavy atom. The van der Waals surface area contributed by atoms with Crippen molar-refractivity contribution < 1.29 is 17.9 Å². The molecule has 28 heavy (non-hydrogen) atoms. The van der Waals surface area contributed by atoms with Crippen LogP contribution in [0.15, 0.2) is 72.9 Å². The first kappa shape index (κ1) is 18.6. The number of ether oxygens (including phenoxy) is 1. The quantitative estimate of drug-likeness (QED) is 0.362. The number of benzene rings is 2. The van der Waals surface area contributed by atoms with Gasteiger partial charge in [0.15, 0.2) is 0 Å². The number of rotatable bonds is 4. The zero-order chi connectivity index (χ0) is 19.7. The van der Waals surface area contributed by atoms with Gasteiger partial charge in [-0.1, -0.05) is 23.7 Å². The predicted octanol–water partition coefficient (Wildman–Crippen LogP) is 6.82. The van der Waals surface area contributed by atoms with Crippen molar-refractivity contribution in [1.82, 2.24) is 9.78 Å². The molecule has 2 heterocycles. The van der Waals surface area contributed by atoms with Crippen LogP contribution < -0.4 is 4.74 Å². The Balaban J connectivity index is 1.63. The molecule has 4 rings (SSSR count). The van der Waals surface area contributed by atoms with E-state index in [2.05, 4.69) is 9.84 Å². The van der Waals surface area contributed by atoms with Crippen molar-refractivity contribution in [2.75, 3.05) is 0 Å². The molecule has 0 unspecified atom stereocenters. The predicted molar refractivity (Wildman–Crippen MR) is 104 cm³/mol. The third kappa shape index (κ3) is 3.90. The average molecular weight is 421 g/mol. The van der Waals surface area contributed by atoms with Crippen molar-refractivity contribution in [1.29, 1.82) is 0 Å². The van der Waals surface area contributed by atoms with Gasteiger partial charge in [0.25, 0.3) is 0 Å². The molecule has 0 fully saturated rings. The van der Waals surface area contributed by atoms with Crippen LogP contribution in [0.4, 0.5) is 13.2 Å². The summed E-state index contributed by atoms with van der Waals surface area (Å²) < 4.78 is 42.6. The fraction of sp³-hybridized carbons (Fsp3) is 0.0500. The fourth-order valence-corrected chi connectivity index (χ4v) is 3.99. The molecule has 0 N–H and O–H groups in total. The number of alkyl halides is 3. The van der Waals surface area contributed by atoms with E-state index in [0.717, 1.165) is 26.7 Å².